The lowest BCUT2D eigenvalue weighted by Crippen LogP contribution is -2.48. The third kappa shape index (κ3) is 3.15. The van der Waals surface area contributed by atoms with E-state index in [4.69, 9.17) is 0 Å². The van der Waals surface area contributed by atoms with Crippen LogP contribution in [0.15, 0.2) is 35.3 Å². The number of nitrogens with zero attached hydrogens (tertiary/aromatic N) is 3. The second-order valence-electron chi connectivity index (χ2n) is 8.20. The van der Waals surface area contributed by atoms with Crippen LogP contribution in [0.4, 0.5) is 0 Å². The molecule has 0 aliphatic carbocycles. The minimum absolute atomic E-state index is 0.129. The fourth-order valence-corrected chi connectivity index (χ4v) is 4.65. The van der Waals surface area contributed by atoms with Crippen LogP contribution in [0.25, 0.3) is 11.3 Å². The Labute approximate surface area is 149 Å². The van der Waals surface area contributed by atoms with Gasteiger partial charge in [-0.2, -0.15) is 0 Å². The summed E-state index contributed by atoms with van der Waals surface area (Å²) in [6, 6.07) is 7.99. The summed E-state index contributed by atoms with van der Waals surface area (Å²) >= 11 is 0. The highest BCUT2D eigenvalue weighted by atomic mass is 16.1. The van der Waals surface area contributed by atoms with E-state index in [0.29, 0.717) is 17.8 Å². The third-order valence-corrected chi connectivity index (χ3v) is 5.54. The van der Waals surface area contributed by atoms with Crippen molar-refractivity contribution in [1.82, 2.24) is 14.5 Å². The smallest absolute Gasteiger partial charge is 0.251 e. The number of likely N-dealkylation sites (tertiary alicyclic amines) is 1. The second kappa shape index (κ2) is 6.41. The van der Waals surface area contributed by atoms with Gasteiger partial charge in [-0.25, -0.2) is 0 Å². The zero-order chi connectivity index (χ0) is 17.6. The monoisotopic (exact) mass is 337 g/mol. The molecule has 1 fully saturated rings. The molecular weight excluding hydrogens is 310 g/mol. The Morgan fingerprint density at radius 1 is 1.24 bits per heavy atom. The van der Waals surface area contributed by atoms with E-state index in [9.17, 15) is 4.79 Å². The normalized spacial score (nSPS) is 22.9. The van der Waals surface area contributed by atoms with Crippen LogP contribution in [0.5, 0.6) is 0 Å². The summed E-state index contributed by atoms with van der Waals surface area (Å²) in [4.78, 5) is 19.9. The summed E-state index contributed by atoms with van der Waals surface area (Å²) in [5, 5.41) is 0. The quantitative estimate of drug-likeness (QED) is 0.862. The van der Waals surface area contributed by atoms with Crippen LogP contribution in [0.1, 0.15) is 37.4 Å². The molecule has 4 rings (SSSR count). The number of piperidine rings is 1. The molecule has 2 atom stereocenters. The predicted octanol–water partition coefficient (Wildman–Crippen LogP) is 3.29. The van der Waals surface area contributed by atoms with Gasteiger partial charge in [-0.15, -0.1) is 0 Å². The minimum Gasteiger partial charge on any atom is -0.312 e. The van der Waals surface area contributed by atoms with Gasteiger partial charge in [-0.3, -0.25) is 9.78 Å². The summed E-state index contributed by atoms with van der Waals surface area (Å²) < 4.78 is 2.02. The van der Waals surface area contributed by atoms with Gasteiger partial charge in [-0.05, 0) is 42.9 Å². The first kappa shape index (κ1) is 16.5. The summed E-state index contributed by atoms with van der Waals surface area (Å²) in [6.07, 6.45) is 3.01. The molecule has 0 radical (unpaired) electrons. The lowest BCUT2D eigenvalue weighted by Gasteiger charge is -2.43. The molecule has 25 heavy (non-hydrogen) atoms. The third-order valence-electron chi connectivity index (χ3n) is 5.54. The average Bonchev–Trinajstić information content (AvgIpc) is 2.55. The first-order valence-electron chi connectivity index (χ1n) is 9.40. The van der Waals surface area contributed by atoms with E-state index in [1.165, 1.54) is 12.1 Å². The molecule has 132 valence electrons. The van der Waals surface area contributed by atoms with Crippen molar-refractivity contribution in [2.45, 2.75) is 39.7 Å². The SMILES string of the molecule is Cc1cccnc1-c1cc2n(c(=O)c1)C[C@H]1C[C@@H]2CN(CC(C)C)C1. The van der Waals surface area contributed by atoms with Gasteiger partial charge in [0.1, 0.15) is 0 Å². The predicted molar refractivity (Wildman–Crippen MR) is 101 cm³/mol. The maximum absolute atomic E-state index is 12.8. The summed E-state index contributed by atoms with van der Waals surface area (Å²) in [5.74, 6) is 1.75. The van der Waals surface area contributed by atoms with E-state index in [-0.39, 0.29) is 5.56 Å². The number of rotatable bonds is 3. The van der Waals surface area contributed by atoms with Gasteiger partial charge in [-0.1, -0.05) is 19.9 Å². The van der Waals surface area contributed by atoms with Gasteiger partial charge in [0, 0.05) is 55.6 Å². The lowest BCUT2D eigenvalue weighted by atomic mass is 9.82. The van der Waals surface area contributed by atoms with Crippen LogP contribution in [-0.4, -0.2) is 34.1 Å². The number of fused-ring (bicyclic) bond motifs is 4. The van der Waals surface area contributed by atoms with Gasteiger partial charge < -0.3 is 9.47 Å². The van der Waals surface area contributed by atoms with Gasteiger partial charge >= 0.3 is 0 Å². The first-order chi connectivity index (χ1) is 12.0. The summed E-state index contributed by atoms with van der Waals surface area (Å²) in [7, 11) is 0. The number of hydrogen-bond donors (Lipinski definition) is 0. The molecule has 0 saturated carbocycles. The molecule has 1 saturated heterocycles. The Kier molecular flexibility index (Phi) is 4.24. The van der Waals surface area contributed by atoms with Crippen molar-refractivity contribution in [2.24, 2.45) is 11.8 Å². The second-order valence-corrected chi connectivity index (χ2v) is 8.20. The van der Waals surface area contributed by atoms with Crippen LogP contribution in [-0.2, 0) is 6.54 Å². The highest BCUT2D eigenvalue weighted by Crippen LogP contribution is 2.36. The van der Waals surface area contributed by atoms with Crippen LogP contribution in [0.2, 0.25) is 0 Å². The Balaban J connectivity index is 1.73. The minimum atomic E-state index is 0.129. The topological polar surface area (TPSA) is 38.1 Å². The number of hydrogen-bond acceptors (Lipinski definition) is 3. The maximum atomic E-state index is 12.8. The van der Waals surface area contributed by atoms with Crippen molar-refractivity contribution in [2.75, 3.05) is 19.6 Å². The van der Waals surface area contributed by atoms with Crippen molar-refractivity contribution < 1.29 is 0 Å². The molecule has 0 N–H and O–H groups in total. The van der Waals surface area contributed by atoms with Gasteiger partial charge in [0.05, 0.1) is 5.69 Å². The highest BCUT2D eigenvalue weighted by Gasteiger charge is 2.35. The van der Waals surface area contributed by atoms with Crippen LogP contribution >= 0.6 is 0 Å². The van der Waals surface area contributed by atoms with Gasteiger partial charge in [0.25, 0.3) is 5.56 Å². The fourth-order valence-electron chi connectivity index (χ4n) is 4.65. The zero-order valence-corrected chi connectivity index (χ0v) is 15.4. The summed E-state index contributed by atoms with van der Waals surface area (Å²) in [5.41, 5.74) is 4.35. The van der Waals surface area contributed by atoms with Crippen molar-refractivity contribution >= 4 is 0 Å². The van der Waals surface area contributed by atoms with Crippen molar-refractivity contribution in [3.63, 3.8) is 0 Å². The van der Waals surface area contributed by atoms with E-state index < -0.39 is 0 Å². The van der Waals surface area contributed by atoms with Crippen molar-refractivity contribution in [3.8, 4) is 11.3 Å². The Morgan fingerprint density at radius 3 is 2.84 bits per heavy atom. The van der Waals surface area contributed by atoms with E-state index >= 15 is 0 Å². The number of pyridine rings is 2. The Morgan fingerprint density at radius 2 is 2.08 bits per heavy atom. The Hall–Kier alpha value is -1.94. The molecule has 2 aliphatic rings. The van der Waals surface area contributed by atoms with Gasteiger partial charge in [0.2, 0.25) is 0 Å². The van der Waals surface area contributed by atoms with Crippen LogP contribution in [0.3, 0.4) is 0 Å². The molecule has 4 nitrogen and oxygen atoms in total. The molecule has 2 aromatic heterocycles. The van der Waals surface area contributed by atoms with Crippen LogP contribution < -0.4 is 5.56 Å². The lowest BCUT2D eigenvalue weighted by molar-refractivity contribution is 0.109. The number of aromatic nitrogens is 2. The molecule has 4 heterocycles. The van der Waals surface area contributed by atoms with Gasteiger partial charge in [0.15, 0.2) is 0 Å². The van der Waals surface area contributed by atoms with Crippen LogP contribution in [0, 0.1) is 18.8 Å². The average molecular weight is 337 g/mol. The zero-order valence-electron chi connectivity index (χ0n) is 15.4. The first-order valence-corrected chi connectivity index (χ1v) is 9.40. The highest BCUT2D eigenvalue weighted by molar-refractivity contribution is 5.63. The molecular formula is C21H27N3O. The molecule has 0 spiro atoms. The molecule has 2 bridgehead atoms. The number of aryl methyl sites for hydroxylation is 1. The molecule has 4 heteroatoms. The molecule has 0 amide bonds. The van der Waals surface area contributed by atoms with Crippen molar-refractivity contribution in [3.05, 3.63) is 52.1 Å². The molecule has 2 aromatic rings. The Bertz CT molecular complexity index is 839. The summed E-state index contributed by atoms with van der Waals surface area (Å²) in [6.45, 7) is 10.8. The molecule has 0 unspecified atom stereocenters. The molecule has 2 aliphatic heterocycles. The maximum Gasteiger partial charge on any atom is 0.251 e. The van der Waals surface area contributed by atoms with Crippen molar-refractivity contribution in [1.29, 1.82) is 0 Å². The van der Waals surface area contributed by atoms with E-state index in [2.05, 4.69) is 42.8 Å². The molecule has 0 aromatic carbocycles. The van der Waals surface area contributed by atoms with E-state index in [1.54, 1.807) is 12.3 Å². The standard InChI is InChI=1S/C21H27N3O/c1-14(2)10-23-11-16-7-18(13-23)19-8-17(9-20(25)24(19)12-16)21-15(3)5-4-6-22-21/h4-6,8-9,14,16,18H,7,10-13H2,1-3H3/t16-,18+/m0/s1. The largest absolute Gasteiger partial charge is 0.312 e. The fraction of sp³-hybridized carbons (Fsp3) is 0.524. The van der Waals surface area contributed by atoms with E-state index in [1.807, 2.05) is 10.6 Å². The van der Waals surface area contributed by atoms with E-state index in [0.717, 1.165) is 43.0 Å².